The maximum Gasteiger partial charge on any atom is 0.274 e. The Labute approximate surface area is 145 Å². The fourth-order valence-corrected chi connectivity index (χ4v) is 3.29. The molecule has 128 valence electrons. The Bertz CT molecular complexity index is 908. The summed E-state index contributed by atoms with van der Waals surface area (Å²) in [5.41, 5.74) is 1.99. The number of carbonyl (C=O) groups is 1. The van der Waals surface area contributed by atoms with E-state index in [0.29, 0.717) is 5.69 Å². The van der Waals surface area contributed by atoms with E-state index in [0.717, 1.165) is 48.1 Å². The van der Waals surface area contributed by atoms with E-state index in [4.69, 9.17) is 0 Å². The molecule has 3 heterocycles. The molecule has 1 saturated heterocycles. The number of hydrogen-bond acceptors (Lipinski definition) is 5. The number of nitrogens with zero attached hydrogens (tertiary/aromatic N) is 4. The molecule has 2 aromatic heterocycles. The second-order valence-corrected chi connectivity index (χ2v) is 6.33. The van der Waals surface area contributed by atoms with Crippen molar-refractivity contribution in [1.82, 2.24) is 30.6 Å². The Morgan fingerprint density at radius 1 is 1.36 bits per heavy atom. The Morgan fingerprint density at radius 2 is 2.28 bits per heavy atom. The highest BCUT2D eigenvalue weighted by Gasteiger charge is 2.22. The van der Waals surface area contributed by atoms with E-state index in [1.807, 2.05) is 37.4 Å². The first kappa shape index (κ1) is 15.7. The topological polar surface area (TPSA) is 84.7 Å². The summed E-state index contributed by atoms with van der Waals surface area (Å²) in [6.45, 7) is 3.68. The summed E-state index contributed by atoms with van der Waals surface area (Å²) in [6.07, 6.45) is 5.62. The van der Waals surface area contributed by atoms with Crippen LogP contribution in [0.5, 0.6) is 0 Å². The summed E-state index contributed by atoms with van der Waals surface area (Å²) in [4.78, 5) is 16.7. The molecule has 0 radical (unpaired) electrons. The molecule has 3 aromatic rings. The summed E-state index contributed by atoms with van der Waals surface area (Å²) in [5.74, 6) is -0.167. The summed E-state index contributed by atoms with van der Waals surface area (Å²) < 4.78 is 1.72. The van der Waals surface area contributed by atoms with Gasteiger partial charge in [-0.1, -0.05) is 17.3 Å². The van der Waals surface area contributed by atoms with E-state index in [9.17, 15) is 4.79 Å². The van der Waals surface area contributed by atoms with E-state index in [-0.39, 0.29) is 11.9 Å². The average molecular weight is 336 g/mol. The molecule has 7 nitrogen and oxygen atoms in total. The monoisotopic (exact) mass is 336 g/mol. The third-order valence-electron chi connectivity index (χ3n) is 4.63. The second-order valence-electron chi connectivity index (χ2n) is 6.33. The molecule has 1 fully saturated rings. The maximum absolute atomic E-state index is 12.6. The second kappa shape index (κ2) is 6.60. The van der Waals surface area contributed by atoms with Gasteiger partial charge in [-0.05, 0) is 38.4 Å². The van der Waals surface area contributed by atoms with Crippen LogP contribution in [-0.2, 0) is 0 Å². The maximum atomic E-state index is 12.6. The van der Waals surface area contributed by atoms with Crippen LogP contribution in [0.4, 0.5) is 0 Å². The quantitative estimate of drug-likeness (QED) is 0.759. The molecular weight excluding hydrogens is 316 g/mol. The molecule has 0 saturated carbocycles. The van der Waals surface area contributed by atoms with E-state index < -0.39 is 0 Å². The van der Waals surface area contributed by atoms with Crippen molar-refractivity contribution in [3.8, 4) is 5.69 Å². The van der Waals surface area contributed by atoms with Crippen molar-refractivity contribution in [1.29, 1.82) is 0 Å². The van der Waals surface area contributed by atoms with Crippen LogP contribution in [0.2, 0.25) is 0 Å². The van der Waals surface area contributed by atoms with Crippen LogP contribution < -0.4 is 10.6 Å². The number of piperidine rings is 1. The van der Waals surface area contributed by atoms with E-state index in [1.54, 1.807) is 10.9 Å². The first-order chi connectivity index (χ1) is 12.2. The first-order valence-corrected chi connectivity index (χ1v) is 8.51. The minimum Gasteiger partial charge on any atom is -0.347 e. The predicted octanol–water partition coefficient (Wildman–Crippen LogP) is 1.61. The molecule has 2 N–H and O–H groups in total. The molecule has 0 aliphatic carbocycles. The number of aromatic nitrogens is 4. The number of carbonyl (C=O) groups excluding carboxylic acids is 1. The fourth-order valence-electron chi connectivity index (χ4n) is 3.29. The minimum atomic E-state index is -0.167. The predicted molar refractivity (Wildman–Crippen MR) is 94.8 cm³/mol. The van der Waals surface area contributed by atoms with E-state index in [2.05, 4.69) is 25.9 Å². The van der Waals surface area contributed by atoms with Gasteiger partial charge in [0.05, 0.1) is 11.4 Å². The van der Waals surface area contributed by atoms with Crippen LogP contribution in [0.15, 0.2) is 36.7 Å². The first-order valence-electron chi connectivity index (χ1n) is 8.51. The van der Waals surface area contributed by atoms with Gasteiger partial charge in [-0.15, -0.1) is 5.10 Å². The van der Waals surface area contributed by atoms with Crippen molar-refractivity contribution in [2.45, 2.75) is 25.8 Å². The van der Waals surface area contributed by atoms with Gasteiger partial charge in [0.1, 0.15) is 0 Å². The molecule has 0 unspecified atom stereocenters. The molecule has 1 aromatic carbocycles. The van der Waals surface area contributed by atoms with Crippen molar-refractivity contribution < 1.29 is 4.79 Å². The molecule has 1 amide bonds. The number of rotatable bonds is 3. The van der Waals surface area contributed by atoms with Crippen molar-refractivity contribution in [3.63, 3.8) is 0 Å². The summed E-state index contributed by atoms with van der Waals surface area (Å²) in [5, 5.41) is 16.7. The van der Waals surface area contributed by atoms with Crippen molar-refractivity contribution >= 4 is 16.7 Å². The van der Waals surface area contributed by atoms with Crippen molar-refractivity contribution in [2.75, 3.05) is 13.1 Å². The number of benzene rings is 1. The van der Waals surface area contributed by atoms with Crippen LogP contribution in [0.25, 0.3) is 16.5 Å². The van der Waals surface area contributed by atoms with Crippen LogP contribution >= 0.6 is 0 Å². The van der Waals surface area contributed by atoms with Gasteiger partial charge < -0.3 is 10.6 Å². The van der Waals surface area contributed by atoms with E-state index in [1.165, 1.54) is 0 Å². The Hall–Kier alpha value is -2.80. The van der Waals surface area contributed by atoms with Crippen molar-refractivity contribution in [2.24, 2.45) is 0 Å². The smallest absolute Gasteiger partial charge is 0.274 e. The van der Waals surface area contributed by atoms with Gasteiger partial charge in [0.2, 0.25) is 0 Å². The number of fused-ring (bicyclic) bond motifs is 1. The average Bonchev–Trinajstić information content (AvgIpc) is 3.03. The van der Waals surface area contributed by atoms with Crippen LogP contribution in [-0.4, -0.2) is 45.0 Å². The van der Waals surface area contributed by atoms with Crippen LogP contribution in [0.3, 0.4) is 0 Å². The van der Waals surface area contributed by atoms with Gasteiger partial charge in [0.15, 0.2) is 5.69 Å². The SMILES string of the molecule is Cc1c(C(=O)N[C@H]2CCCNC2)nnn1-c1cccc2cnccc12. The zero-order valence-corrected chi connectivity index (χ0v) is 14.1. The largest absolute Gasteiger partial charge is 0.347 e. The molecule has 1 atom stereocenters. The molecule has 7 heteroatoms. The van der Waals surface area contributed by atoms with Crippen molar-refractivity contribution in [3.05, 3.63) is 48.0 Å². The lowest BCUT2D eigenvalue weighted by Crippen LogP contribution is -2.45. The van der Waals surface area contributed by atoms with Gasteiger partial charge in [-0.25, -0.2) is 4.68 Å². The molecule has 25 heavy (non-hydrogen) atoms. The number of nitrogens with one attached hydrogen (secondary N) is 2. The lowest BCUT2D eigenvalue weighted by molar-refractivity contribution is 0.0925. The molecule has 0 bridgehead atoms. The molecule has 1 aliphatic rings. The van der Waals surface area contributed by atoms with Gasteiger partial charge in [-0.3, -0.25) is 9.78 Å². The Morgan fingerprint density at radius 3 is 3.12 bits per heavy atom. The van der Waals surface area contributed by atoms with Gasteiger partial charge in [-0.2, -0.15) is 0 Å². The van der Waals surface area contributed by atoms with Gasteiger partial charge in [0.25, 0.3) is 5.91 Å². The lowest BCUT2D eigenvalue weighted by Gasteiger charge is -2.23. The highest BCUT2D eigenvalue weighted by molar-refractivity contribution is 5.94. The van der Waals surface area contributed by atoms with Crippen LogP contribution in [0, 0.1) is 6.92 Å². The summed E-state index contributed by atoms with van der Waals surface area (Å²) >= 11 is 0. The highest BCUT2D eigenvalue weighted by Crippen LogP contribution is 2.22. The zero-order valence-electron chi connectivity index (χ0n) is 14.1. The molecular formula is C18H20N6O. The van der Waals surface area contributed by atoms with Gasteiger partial charge >= 0.3 is 0 Å². The Kier molecular flexibility index (Phi) is 4.15. The zero-order chi connectivity index (χ0) is 17.2. The standard InChI is InChI=1S/C18H20N6O/c1-12-17(18(25)21-14-5-3-8-19-11-14)22-23-24(12)16-6-2-4-13-10-20-9-7-15(13)16/h2,4,6-7,9-10,14,19H,3,5,8,11H2,1H3,(H,21,25)/t14-/m0/s1. The number of hydrogen-bond donors (Lipinski definition) is 2. The molecule has 0 spiro atoms. The van der Waals surface area contributed by atoms with Gasteiger partial charge in [0, 0.05) is 35.8 Å². The molecule has 1 aliphatic heterocycles. The number of pyridine rings is 1. The normalized spacial score (nSPS) is 17.6. The fraction of sp³-hybridized carbons (Fsp3) is 0.333. The third kappa shape index (κ3) is 2.98. The molecule has 4 rings (SSSR count). The minimum absolute atomic E-state index is 0.148. The Balaban J connectivity index is 1.65. The highest BCUT2D eigenvalue weighted by atomic mass is 16.2. The van der Waals surface area contributed by atoms with Crippen LogP contribution in [0.1, 0.15) is 29.0 Å². The lowest BCUT2D eigenvalue weighted by atomic mass is 10.1. The van der Waals surface area contributed by atoms with E-state index >= 15 is 0 Å². The summed E-state index contributed by atoms with van der Waals surface area (Å²) in [6, 6.07) is 8.01. The third-order valence-corrected chi connectivity index (χ3v) is 4.63. The summed E-state index contributed by atoms with van der Waals surface area (Å²) in [7, 11) is 0. The number of amides is 1.